The molecule has 1 amide bonds. The second-order valence-corrected chi connectivity index (χ2v) is 6.82. The van der Waals surface area contributed by atoms with Crippen LogP contribution in [-0.2, 0) is 4.79 Å². The number of hydrogen-bond donors (Lipinski definition) is 1. The van der Waals surface area contributed by atoms with Crippen LogP contribution >= 0.6 is 0 Å². The summed E-state index contributed by atoms with van der Waals surface area (Å²) in [5.41, 5.74) is 1.61. The molecule has 1 fully saturated rings. The molecule has 1 aliphatic carbocycles. The molecule has 0 radical (unpaired) electrons. The number of nitrogens with zero attached hydrogens (tertiary/aromatic N) is 1. The van der Waals surface area contributed by atoms with E-state index in [1.165, 1.54) is 19.3 Å². The number of unbranched alkanes of at least 4 members (excludes halogenated alkanes) is 1. The van der Waals surface area contributed by atoms with Gasteiger partial charge >= 0.3 is 0 Å². The first-order chi connectivity index (χ1) is 11.2. The molecule has 1 aromatic heterocycles. The molecule has 3 rings (SSSR count). The zero-order chi connectivity index (χ0) is 16.1. The predicted octanol–water partition coefficient (Wildman–Crippen LogP) is 5.31. The lowest BCUT2D eigenvalue weighted by molar-refractivity contribution is -0.128. The van der Waals surface area contributed by atoms with Gasteiger partial charge in [-0.3, -0.25) is 9.78 Å². The number of aromatic nitrogens is 1. The van der Waals surface area contributed by atoms with Crippen LogP contribution in [0.25, 0.3) is 10.9 Å². The van der Waals surface area contributed by atoms with Crippen LogP contribution in [0, 0.1) is 5.41 Å². The summed E-state index contributed by atoms with van der Waals surface area (Å²) in [7, 11) is 0. The molecule has 0 spiro atoms. The summed E-state index contributed by atoms with van der Waals surface area (Å²) < 4.78 is 0. The second kappa shape index (κ2) is 7.12. The summed E-state index contributed by atoms with van der Waals surface area (Å²) in [5, 5.41) is 4.22. The number of anilines is 1. The van der Waals surface area contributed by atoms with Gasteiger partial charge in [-0.1, -0.05) is 57.2 Å². The highest BCUT2D eigenvalue weighted by molar-refractivity contribution is 5.96. The van der Waals surface area contributed by atoms with Crippen molar-refractivity contribution in [1.82, 2.24) is 4.98 Å². The Labute approximate surface area is 138 Å². The van der Waals surface area contributed by atoms with E-state index in [0.717, 1.165) is 48.7 Å². The third-order valence-corrected chi connectivity index (χ3v) is 5.15. The monoisotopic (exact) mass is 310 g/mol. The number of amides is 1. The molecular formula is C20H26N2O. The van der Waals surface area contributed by atoms with E-state index < -0.39 is 0 Å². The fourth-order valence-corrected chi connectivity index (χ4v) is 3.74. The zero-order valence-electron chi connectivity index (χ0n) is 14.0. The highest BCUT2D eigenvalue weighted by Crippen LogP contribution is 2.41. The summed E-state index contributed by atoms with van der Waals surface area (Å²) in [6.45, 7) is 2.20. The van der Waals surface area contributed by atoms with Gasteiger partial charge < -0.3 is 5.32 Å². The maximum absolute atomic E-state index is 13.0. The number of pyridine rings is 1. The average Bonchev–Trinajstić information content (AvgIpc) is 2.60. The van der Waals surface area contributed by atoms with Crippen LogP contribution in [0.4, 0.5) is 5.69 Å². The van der Waals surface area contributed by atoms with Crippen molar-refractivity contribution in [2.24, 2.45) is 5.41 Å². The van der Waals surface area contributed by atoms with Gasteiger partial charge in [0.25, 0.3) is 0 Å². The Balaban J connectivity index is 1.79. The normalized spacial score (nSPS) is 17.1. The van der Waals surface area contributed by atoms with Gasteiger partial charge in [-0.2, -0.15) is 0 Å². The number of benzene rings is 1. The molecule has 3 nitrogen and oxygen atoms in total. The van der Waals surface area contributed by atoms with Crippen LogP contribution in [0.3, 0.4) is 0 Å². The highest BCUT2D eigenvalue weighted by atomic mass is 16.2. The van der Waals surface area contributed by atoms with E-state index in [4.69, 9.17) is 0 Å². The first kappa shape index (κ1) is 16.0. The van der Waals surface area contributed by atoms with E-state index in [-0.39, 0.29) is 11.3 Å². The van der Waals surface area contributed by atoms with E-state index >= 15 is 0 Å². The lowest BCUT2D eigenvalue weighted by Gasteiger charge is -2.36. The Hall–Kier alpha value is -1.90. The number of carbonyl (C=O) groups excluding carboxylic acids is 1. The lowest BCUT2D eigenvalue weighted by atomic mass is 9.70. The molecule has 1 saturated carbocycles. The van der Waals surface area contributed by atoms with Gasteiger partial charge in [-0.25, -0.2) is 0 Å². The first-order valence-electron chi connectivity index (χ1n) is 8.90. The summed E-state index contributed by atoms with van der Waals surface area (Å²) >= 11 is 0. The van der Waals surface area contributed by atoms with Gasteiger partial charge in [0.05, 0.1) is 17.4 Å². The number of rotatable bonds is 5. The Kier molecular flexibility index (Phi) is 4.94. The molecular weight excluding hydrogens is 284 g/mol. The minimum atomic E-state index is -0.167. The van der Waals surface area contributed by atoms with Gasteiger partial charge in [0.1, 0.15) is 0 Å². The Morgan fingerprint density at radius 3 is 2.78 bits per heavy atom. The molecule has 1 heterocycles. The number of para-hydroxylation sites is 1. The predicted molar refractivity (Wildman–Crippen MR) is 95.4 cm³/mol. The van der Waals surface area contributed by atoms with Gasteiger partial charge in [0.15, 0.2) is 0 Å². The molecule has 2 aromatic rings. The van der Waals surface area contributed by atoms with Crippen molar-refractivity contribution >= 4 is 22.5 Å². The van der Waals surface area contributed by atoms with Crippen molar-refractivity contribution in [3.05, 3.63) is 36.5 Å². The van der Waals surface area contributed by atoms with Gasteiger partial charge in [0, 0.05) is 10.8 Å². The third-order valence-electron chi connectivity index (χ3n) is 5.15. The summed E-state index contributed by atoms with van der Waals surface area (Å²) in [6.07, 6.45) is 10.7. The van der Waals surface area contributed by atoms with Crippen LogP contribution in [0.1, 0.15) is 58.3 Å². The maximum atomic E-state index is 13.0. The molecule has 0 bridgehead atoms. The largest absolute Gasteiger partial charge is 0.324 e. The smallest absolute Gasteiger partial charge is 0.230 e. The molecule has 23 heavy (non-hydrogen) atoms. The van der Waals surface area contributed by atoms with E-state index in [2.05, 4.69) is 17.2 Å². The quantitative estimate of drug-likeness (QED) is 0.812. The first-order valence-corrected chi connectivity index (χ1v) is 8.90. The van der Waals surface area contributed by atoms with E-state index in [0.29, 0.717) is 0 Å². The summed E-state index contributed by atoms with van der Waals surface area (Å²) in [6, 6.07) is 10.0. The van der Waals surface area contributed by atoms with Crippen LogP contribution < -0.4 is 5.32 Å². The van der Waals surface area contributed by atoms with Crippen molar-refractivity contribution < 1.29 is 4.79 Å². The standard InChI is InChI=1S/C20H26N2O/c1-2-3-11-20(12-7-4-8-13-20)19(23)22-17-14-16-9-5-6-10-18(16)21-15-17/h5-6,9-10,14-15H,2-4,7-8,11-13H2,1H3,(H,22,23). The topological polar surface area (TPSA) is 42.0 Å². The lowest BCUT2D eigenvalue weighted by Crippen LogP contribution is -2.38. The van der Waals surface area contributed by atoms with E-state index in [1.807, 2.05) is 30.3 Å². The molecule has 1 aliphatic rings. The van der Waals surface area contributed by atoms with E-state index in [1.54, 1.807) is 6.20 Å². The summed E-state index contributed by atoms with van der Waals surface area (Å²) in [4.78, 5) is 17.4. The zero-order valence-corrected chi connectivity index (χ0v) is 14.0. The molecule has 1 aromatic carbocycles. The maximum Gasteiger partial charge on any atom is 0.230 e. The van der Waals surface area contributed by atoms with Crippen molar-refractivity contribution in [2.45, 2.75) is 58.3 Å². The Morgan fingerprint density at radius 1 is 1.22 bits per heavy atom. The molecule has 3 heteroatoms. The van der Waals surface area contributed by atoms with Gasteiger partial charge in [0.2, 0.25) is 5.91 Å². The SMILES string of the molecule is CCCCC1(C(=O)Nc2cnc3ccccc3c2)CCCCC1. The Bertz CT molecular complexity index is 674. The number of hydrogen-bond acceptors (Lipinski definition) is 2. The minimum Gasteiger partial charge on any atom is -0.324 e. The molecule has 122 valence electrons. The third kappa shape index (κ3) is 3.54. The molecule has 0 unspecified atom stereocenters. The number of nitrogens with one attached hydrogen (secondary N) is 1. The van der Waals surface area contributed by atoms with Crippen molar-refractivity contribution in [1.29, 1.82) is 0 Å². The van der Waals surface area contributed by atoms with Crippen LogP contribution in [0.5, 0.6) is 0 Å². The molecule has 0 saturated heterocycles. The highest BCUT2D eigenvalue weighted by Gasteiger charge is 2.38. The molecule has 0 atom stereocenters. The number of fused-ring (bicyclic) bond motifs is 1. The minimum absolute atomic E-state index is 0.167. The molecule has 0 aliphatic heterocycles. The molecule has 1 N–H and O–H groups in total. The second-order valence-electron chi connectivity index (χ2n) is 6.82. The fraction of sp³-hybridized carbons (Fsp3) is 0.500. The number of carbonyl (C=O) groups is 1. The van der Waals surface area contributed by atoms with Crippen LogP contribution in [0.15, 0.2) is 36.5 Å². The van der Waals surface area contributed by atoms with Crippen LogP contribution in [-0.4, -0.2) is 10.9 Å². The summed E-state index contributed by atoms with van der Waals surface area (Å²) in [5.74, 6) is 0.197. The van der Waals surface area contributed by atoms with Crippen molar-refractivity contribution in [3.8, 4) is 0 Å². The van der Waals surface area contributed by atoms with Crippen molar-refractivity contribution in [3.63, 3.8) is 0 Å². The van der Waals surface area contributed by atoms with Gasteiger partial charge in [-0.15, -0.1) is 0 Å². The van der Waals surface area contributed by atoms with Crippen LogP contribution in [0.2, 0.25) is 0 Å². The van der Waals surface area contributed by atoms with E-state index in [9.17, 15) is 4.79 Å². The van der Waals surface area contributed by atoms with Crippen molar-refractivity contribution in [2.75, 3.05) is 5.32 Å². The Morgan fingerprint density at radius 2 is 2.00 bits per heavy atom. The fourth-order valence-electron chi connectivity index (χ4n) is 3.74. The van der Waals surface area contributed by atoms with Gasteiger partial charge in [-0.05, 0) is 31.4 Å². The average molecular weight is 310 g/mol.